The van der Waals surface area contributed by atoms with Crippen LogP contribution in [0.3, 0.4) is 0 Å². The third-order valence-electron chi connectivity index (χ3n) is 4.11. The molecule has 0 radical (unpaired) electrons. The second-order valence-electron chi connectivity index (χ2n) is 5.88. The van der Waals surface area contributed by atoms with Crippen LogP contribution in [-0.4, -0.2) is 11.7 Å². The van der Waals surface area contributed by atoms with Gasteiger partial charge in [0.15, 0.2) is 0 Å². The lowest BCUT2D eigenvalue weighted by Crippen LogP contribution is -2.29. The zero-order valence-electron chi connectivity index (χ0n) is 14.0. The van der Waals surface area contributed by atoms with Crippen molar-refractivity contribution in [3.8, 4) is 0 Å². The first-order valence-corrected chi connectivity index (χ1v) is 10.1. The summed E-state index contributed by atoms with van der Waals surface area (Å²) >= 11 is 5.02. The number of hydrogen-bond donors (Lipinski definition) is 1. The highest BCUT2D eigenvalue weighted by Crippen LogP contribution is 2.24. The van der Waals surface area contributed by atoms with Gasteiger partial charge in [-0.05, 0) is 47.0 Å². The number of rotatable bonds is 6. The molecule has 0 aliphatic carbocycles. The Balaban J connectivity index is 1.60. The van der Waals surface area contributed by atoms with Crippen molar-refractivity contribution in [2.24, 2.45) is 0 Å². The van der Waals surface area contributed by atoms with E-state index >= 15 is 0 Å². The third kappa shape index (κ3) is 4.86. The fourth-order valence-electron chi connectivity index (χ4n) is 2.76. The minimum Gasteiger partial charge on any atom is -0.349 e. The smallest absolute Gasteiger partial charge is 0.230 e. The number of amides is 1. The number of carbonyl (C=O) groups excluding carboxylic acids is 1. The molecule has 3 aromatic carbocycles. The van der Waals surface area contributed by atoms with E-state index in [1.165, 1.54) is 10.8 Å². The predicted octanol–water partition coefficient (Wildman–Crippen LogP) is 5.96. The van der Waals surface area contributed by atoms with Crippen molar-refractivity contribution in [3.63, 3.8) is 0 Å². The topological polar surface area (TPSA) is 29.1 Å². The zero-order chi connectivity index (χ0) is 17.6. The predicted molar refractivity (Wildman–Crippen MR) is 110 cm³/mol. The average Bonchev–Trinajstić information content (AvgIpc) is 2.65. The monoisotopic (exact) mass is 413 g/mol. The first kappa shape index (κ1) is 18.0. The SMILES string of the molecule is CC[C@@H](NC(=O)CSc1ccc2ccccc2c1)c1ccc(Br)cc1. The first-order chi connectivity index (χ1) is 12.2. The molecule has 0 unspecified atom stereocenters. The fraction of sp³-hybridized carbons (Fsp3) is 0.190. The highest BCUT2D eigenvalue weighted by molar-refractivity contribution is 9.10. The molecule has 2 nitrogen and oxygen atoms in total. The van der Waals surface area contributed by atoms with Gasteiger partial charge in [0.05, 0.1) is 11.8 Å². The van der Waals surface area contributed by atoms with Gasteiger partial charge in [-0.15, -0.1) is 11.8 Å². The lowest BCUT2D eigenvalue weighted by Gasteiger charge is -2.17. The van der Waals surface area contributed by atoms with Gasteiger partial charge in [-0.25, -0.2) is 0 Å². The Bertz CT molecular complexity index is 863. The molecule has 0 spiro atoms. The molecule has 1 amide bonds. The first-order valence-electron chi connectivity index (χ1n) is 8.32. The van der Waals surface area contributed by atoms with Crippen LogP contribution in [-0.2, 0) is 4.79 Å². The van der Waals surface area contributed by atoms with Gasteiger partial charge < -0.3 is 5.32 Å². The second kappa shape index (κ2) is 8.54. The van der Waals surface area contributed by atoms with E-state index in [1.54, 1.807) is 11.8 Å². The van der Waals surface area contributed by atoms with Crippen LogP contribution in [0.25, 0.3) is 10.8 Å². The molecule has 128 valence electrons. The maximum atomic E-state index is 12.3. The molecule has 0 aliphatic rings. The molecule has 1 atom stereocenters. The van der Waals surface area contributed by atoms with Crippen molar-refractivity contribution in [3.05, 3.63) is 76.8 Å². The van der Waals surface area contributed by atoms with E-state index < -0.39 is 0 Å². The molecule has 4 heteroatoms. The maximum absolute atomic E-state index is 12.3. The quantitative estimate of drug-likeness (QED) is 0.504. The summed E-state index contributed by atoms with van der Waals surface area (Å²) in [6.07, 6.45) is 0.869. The average molecular weight is 414 g/mol. The molecule has 0 saturated heterocycles. The molecule has 1 N–H and O–H groups in total. The molecule has 0 heterocycles. The van der Waals surface area contributed by atoms with E-state index in [2.05, 4.69) is 70.6 Å². The minimum absolute atomic E-state index is 0.0535. The summed E-state index contributed by atoms with van der Waals surface area (Å²) in [5, 5.41) is 5.56. The number of halogens is 1. The number of carbonyl (C=O) groups is 1. The van der Waals surface area contributed by atoms with Crippen molar-refractivity contribution in [1.82, 2.24) is 5.32 Å². The highest BCUT2D eigenvalue weighted by atomic mass is 79.9. The van der Waals surface area contributed by atoms with Crippen molar-refractivity contribution < 1.29 is 4.79 Å². The lowest BCUT2D eigenvalue weighted by molar-refractivity contribution is -0.119. The maximum Gasteiger partial charge on any atom is 0.230 e. The van der Waals surface area contributed by atoms with E-state index in [1.807, 2.05) is 24.3 Å². The Labute approximate surface area is 161 Å². The molecule has 0 aromatic heterocycles. The Hall–Kier alpha value is -1.78. The van der Waals surface area contributed by atoms with Gasteiger partial charge in [0.25, 0.3) is 0 Å². The molecule has 0 aliphatic heterocycles. The number of fused-ring (bicyclic) bond motifs is 1. The summed E-state index contributed by atoms with van der Waals surface area (Å²) in [4.78, 5) is 13.5. The summed E-state index contributed by atoms with van der Waals surface area (Å²) in [7, 11) is 0. The number of nitrogens with one attached hydrogen (secondary N) is 1. The van der Waals surface area contributed by atoms with Crippen LogP contribution in [0.15, 0.2) is 76.1 Å². The van der Waals surface area contributed by atoms with E-state index in [-0.39, 0.29) is 11.9 Å². The van der Waals surface area contributed by atoms with Crippen LogP contribution in [0.1, 0.15) is 24.9 Å². The molecule has 3 aromatic rings. The summed E-state index contributed by atoms with van der Waals surface area (Å²) in [5.74, 6) is 0.485. The zero-order valence-corrected chi connectivity index (χ0v) is 16.4. The van der Waals surface area contributed by atoms with Crippen molar-refractivity contribution >= 4 is 44.4 Å². The van der Waals surface area contributed by atoms with Crippen LogP contribution < -0.4 is 5.32 Å². The van der Waals surface area contributed by atoms with Crippen LogP contribution >= 0.6 is 27.7 Å². The van der Waals surface area contributed by atoms with Gasteiger partial charge in [-0.2, -0.15) is 0 Å². The Morgan fingerprint density at radius 1 is 1.04 bits per heavy atom. The van der Waals surface area contributed by atoms with Crippen LogP contribution in [0, 0.1) is 0 Å². The van der Waals surface area contributed by atoms with E-state index in [9.17, 15) is 4.79 Å². The molecular weight excluding hydrogens is 394 g/mol. The minimum atomic E-state index is 0.0535. The summed E-state index contributed by atoms with van der Waals surface area (Å²) in [6.45, 7) is 2.09. The highest BCUT2D eigenvalue weighted by Gasteiger charge is 2.13. The number of benzene rings is 3. The largest absolute Gasteiger partial charge is 0.349 e. The molecule has 3 rings (SSSR count). The van der Waals surface area contributed by atoms with Gasteiger partial charge in [0.1, 0.15) is 0 Å². The number of hydrogen-bond acceptors (Lipinski definition) is 2. The second-order valence-corrected chi connectivity index (χ2v) is 7.84. The lowest BCUT2D eigenvalue weighted by atomic mass is 10.0. The van der Waals surface area contributed by atoms with Gasteiger partial charge >= 0.3 is 0 Å². The van der Waals surface area contributed by atoms with Gasteiger partial charge in [0, 0.05) is 9.37 Å². The van der Waals surface area contributed by atoms with Crippen molar-refractivity contribution in [1.29, 1.82) is 0 Å². The van der Waals surface area contributed by atoms with Crippen LogP contribution in [0.5, 0.6) is 0 Å². The summed E-state index contributed by atoms with van der Waals surface area (Å²) in [5.41, 5.74) is 1.13. The molecule has 0 fully saturated rings. The van der Waals surface area contributed by atoms with E-state index in [0.717, 1.165) is 21.4 Å². The third-order valence-corrected chi connectivity index (χ3v) is 5.63. The molecular formula is C21H20BrNOS. The fourth-order valence-corrected chi connectivity index (χ4v) is 3.78. The van der Waals surface area contributed by atoms with Gasteiger partial charge in [-0.3, -0.25) is 4.79 Å². The normalized spacial score (nSPS) is 12.1. The van der Waals surface area contributed by atoms with Crippen LogP contribution in [0.4, 0.5) is 0 Å². The summed E-state index contributed by atoms with van der Waals surface area (Å²) < 4.78 is 1.05. The van der Waals surface area contributed by atoms with E-state index in [0.29, 0.717) is 5.75 Å². The molecule has 0 bridgehead atoms. The van der Waals surface area contributed by atoms with Crippen molar-refractivity contribution in [2.45, 2.75) is 24.3 Å². The van der Waals surface area contributed by atoms with E-state index in [4.69, 9.17) is 0 Å². The Morgan fingerprint density at radius 2 is 1.76 bits per heavy atom. The Kier molecular flexibility index (Phi) is 6.16. The van der Waals surface area contributed by atoms with Gasteiger partial charge in [0.2, 0.25) is 5.91 Å². The summed E-state index contributed by atoms with van der Waals surface area (Å²) in [6, 6.07) is 22.8. The molecule has 0 saturated carbocycles. The van der Waals surface area contributed by atoms with Crippen molar-refractivity contribution in [2.75, 3.05) is 5.75 Å². The molecule has 25 heavy (non-hydrogen) atoms. The Morgan fingerprint density at radius 3 is 2.48 bits per heavy atom. The number of thioether (sulfide) groups is 1. The van der Waals surface area contributed by atoms with Gasteiger partial charge in [-0.1, -0.05) is 65.3 Å². The standard InChI is InChI=1S/C21H20BrNOS/c1-2-20(16-7-10-18(22)11-8-16)23-21(24)14-25-19-12-9-15-5-3-4-6-17(15)13-19/h3-13,20H,2,14H2,1H3,(H,23,24)/t20-/m1/s1. The van der Waals surface area contributed by atoms with Crippen LogP contribution in [0.2, 0.25) is 0 Å².